The van der Waals surface area contributed by atoms with E-state index in [0.717, 1.165) is 24.2 Å². The Bertz CT molecular complexity index is 747. The molecule has 1 aliphatic carbocycles. The van der Waals surface area contributed by atoms with Crippen LogP contribution in [0.3, 0.4) is 0 Å². The summed E-state index contributed by atoms with van der Waals surface area (Å²) in [6, 6.07) is 0. The molecule has 3 rings (SSSR count). The Kier molecular flexibility index (Phi) is 3.43. The Balaban J connectivity index is 2.02. The maximum Gasteiger partial charge on any atom is 0.309 e. The largest absolute Gasteiger partial charge is 0.481 e. The number of nitrogens with two attached hydrogens (primary N) is 1. The lowest BCUT2D eigenvalue weighted by molar-refractivity contribution is -0.150. The van der Waals surface area contributed by atoms with E-state index in [1.54, 1.807) is 6.20 Å². The number of aliphatic carboxylic acids is 1. The number of halogens is 1. The lowest BCUT2D eigenvalue weighted by atomic mass is 9.65. The van der Waals surface area contributed by atoms with Crippen LogP contribution in [-0.2, 0) is 10.2 Å². The number of hydrogen-bond donors (Lipinski definition) is 2. The molecule has 1 aliphatic rings. The van der Waals surface area contributed by atoms with E-state index in [1.165, 1.54) is 0 Å². The molecule has 0 amide bonds. The van der Waals surface area contributed by atoms with E-state index in [9.17, 15) is 9.90 Å². The molecule has 2 aromatic rings. The third kappa shape index (κ3) is 2.18. The van der Waals surface area contributed by atoms with E-state index >= 15 is 0 Å². The summed E-state index contributed by atoms with van der Waals surface area (Å²) in [4.78, 5) is 20.2. The van der Waals surface area contributed by atoms with Crippen molar-refractivity contribution in [3.63, 3.8) is 0 Å². The molecule has 6 nitrogen and oxygen atoms in total. The Labute approximate surface area is 136 Å². The van der Waals surface area contributed by atoms with Gasteiger partial charge in [0.2, 0.25) is 0 Å². The highest BCUT2D eigenvalue weighted by Crippen LogP contribution is 2.47. The highest BCUT2D eigenvalue weighted by molar-refractivity contribution is 9.10. The van der Waals surface area contributed by atoms with Crippen molar-refractivity contribution in [2.45, 2.75) is 44.9 Å². The van der Waals surface area contributed by atoms with Crippen LogP contribution >= 0.6 is 15.9 Å². The second-order valence-electron chi connectivity index (χ2n) is 6.68. The van der Waals surface area contributed by atoms with Crippen LogP contribution in [0.15, 0.2) is 17.0 Å². The topological polar surface area (TPSA) is 93.5 Å². The fourth-order valence-corrected chi connectivity index (χ4v) is 3.80. The van der Waals surface area contributed by atoms with Crippen molar-refractivity contribution in [1.29, 1.82) is 0 Å². The van der Waals surface area contributed by atoms with Gasteiger partial charge in [0.15, 0.2) is 5.82 Å². The fraction of sp³-hybridized carbons (Fsp3) is 0.533. The standard InChI is InChI=1S/C15H19BrN4O2/c1-14(3-5-15(2,6-4-14)13(21)22)12-19-10(16)9-11(17)18-7-8-20(9)12/h7-8H,3-6H2,1-2H3,(H2,17,18)(H,21,22). The summed E-state index contributed by atoms with van der Waals surface area (Å²) in [6.07, 6.45) is 6.37. The monoisotopic (exact) mass is 366 g/mol. The van der Waals surface area contributed by atoms with Gasteiger partial charge in [-0.3, -0.25) is 9.20 Å². The highest BCUT2D eigenvalue weighted by atomic mass is 79.9. The number of anilines is 1. The molecule has 0 unspecified atom stereocenters. The van der Waals surface area contributed by atoms with Gasteiger partial charge in [-0.05, 0) is 48.5 Å². The van der Waals surface area contributed by atoms with E-state index in [1.807, 2.05) is 17.5 Å². The molecule has 7 heteroatoms. The molecule has 0 radical (unpaired) electrons. The number of imidazole rings is 1. The zero-order chi connectivity index (χ0) is 16.1. The molecular weight excluding hydrogens is 348 g/mol. The normalized spacial score (nSPS) is 28.9. The summed E-state index contributed by atoms with van der Waals surface area (Å²) in [5, 5.41) is 9.40. The van der Waals surface area contributed by atoms with Crippen molar-refractivity contribution in [3.8, 4) is 0 Å². The maximum absolute atomic E-state index is 11.4. The molecule has 22 heavy (non-hydrogen) atoms. The van der Waals surface area contributed by atoms with Crippen LogP contribution in [0.5, 0.6) is 0 Å². The van der Waals surface area contributed by atoms with E-state index in [4.69, 9.17) is 5.73 Å². The van der Waals surface area contributed by atoms with Crippen LogP contribution in [0.1, 0.15) is 45.4 Å². The quantitative estimate of drug-likeness (QED) is 0.851. The molecule has 118 valence electrons. The zero-order valence-electron chi connectivity index (χ0n) is 12.6. The summed E-state index contributed by atoms with van der Waals surface area (Å²) < 4.78 is 2.65. The minimum absolute atomic E-state index is 0.169. The number of nitrogens with zero attached hydrogens (tertiary/aromatic N) is 3. The van der Waals surface area contributed by atoms with Crippen LogP contribution < -0.4 is 5.73 Å². The van der Waals surface area contributed by atoms with Gasteiger partial charge >= 0.3 is 5.97 Å². The molecule has 0 spiro atoms. The van der Waals surface area contributed by atoms with Crippen molar-refractivity contribution in [3.05, 3.63) is 22.8 Å². The minimum Gasteiger partial charge on any atom is -0.481 e. The van der Waals surface area contributed by atoms with Crippen LogP contribution in [0.4, 0.5) is 5.82 Å². The average Bonchev–Trinajstić information content (AvgIpc) is 2.82. The number of aromatic nitrogens is 3. The van der Waals surface area contributed by atoms with E-state index in [0.29, 0.717) is 23.3 Å². The predicted molar refractivity (Wildman–Crippen MR) is 86.7 cm³/mol. The Morgan fingerprint density at radius 1 is 1.36 bits per heavy atom. The van der Waals surface area contributed by atoms with Crippen LogP contribution in [-0.4, -0.2) is 25.4 Å². The van der Waals surface area contributed by atoms with Crippen molar-refractivity contribution < 1.29 is 9.90 Å². The van der Waals surface area contributed by atoms with Crippen molar-refractivity contribution >= 4 is 33.2 Å². The van der Waals surface area contributed by atoms with E-state index in [2.05, 4.69) is 32.8 Å². The summed E-state index contributed by atoms with van der Waals surface area (Å²) in [5.74, 6) is 0.635. The lowest BCUT2D eigenvalue weighted by Crippen LogP contribution is -2.39. The molecule has 1 fully saturated rings. The Morgan fingerprint density at radius 3 is 2.59 bits per heavy atom. The summed E-state index contributed by atoms with van der Waals surface area (Å²) >= 11 is 3.46. The first-order valence-corrected chi connectivity index (χ1v) is 8.08. The number of carboxylic acid groups (broad SMARTS) is 1. The van der Waals surface area contributed by atoms with E-state index in [-0.39, 0.29) is 5.41 Å². The summed E-state index contributed by atoms with van der Waals surface area (Å²) in [5.41, 5.74) is 5.91. The molecule has 0 atom stereocenters. The smallest absolute Gasteiger partial charge is 0.309 e. The third-order valence-corrected chi connectivity index (χ3v) is 5.61. The van der Waals surface area contributed by atoms with Crippen molar-refractivity contribution in [2.24, 2.45) is 5.41 Å². The van der Waals surface area contributed by atoms with Crippen molar-refractivity contribution in [2.75, 3.05) is 5.73 Å². The van der Waals surface area contributed by atoms with Gasteiger partial charge in [0, 0.05) is 17.8 Å². The SMILES string of the molecule is CC1(C(=O)O)CCC(C)(c2nc(Br)c3c(N)nccn23)CC1. The molecule has 1 saturated carbocycles. The number of hydrogen-bond acceptors (Lipinski definition) is 4. The molecule has 0 saturated heterocycles. The molecule has 3 N–H and O–H groups in total. The van der Waals surface area contributed by atoms with Gasteiger partial charge in [0.05, 0.1) is 5.41 Å². The number of nitrogen functional groups attached to an aromatic ring is 1. The Hall–Kier alpha value is -1.63. The van der Waals surface area contributed by atoms with Gasteiger partial charge in [-0.25, -0.2) is 9.97 Å². The first-order valence-electron chi connectivity index (χ1n) is 7.29. The molecule has 0 bridgehead atoms. The molecule has 2 heterocycles. The maximum atomic E-state index is 11.4. The van der Waals surface area contributed by atoms with Crippen LogP contribution in [0.25, 0.3) is 5.52 Å². The second-order valence-corrected chi connectivity index (χ2v) is 7.43. The van der Waals surface area contributed by atoms with Crippen LogP contribution in [0, 0.1) is 5.41 Å². The number of fused-ring (bicyclic) bond motifs is 1. The van der Waals surface area contributed by atoms with Crippen LogP contribution in [0.2, 0.25) is 0 Å². The summed E-state index contributed by atoms with van der Waals surface area (Å²) in [6.45, 7) is 3.97. The lowest BCUT2D eigenvalue weighted by Gasteiger charge is -2.40. The molecule has 2 aromatic heterocycles. The fourth-order valence-electron chi connectivity index (χ4n) is 3.24. The Morgan fingerprint density at radius 2 is 2.00 bits per heavy atom. The summed E-state index contributed by atoms with van der Waals surface area (Å²) in [7, 11) is 0. The molecular formula is C15H19BrN4O2. The third-order valence-electron chi connectivity index (χ3n) is 5.05. The highest BCUT2D eigenvalue weighted by Gasteiger charge is 2.44. The zero-order valence-corrected chi connectivity index (χ0v) is 14.2. The van der Waals surface area contributed by atoms with Crippen molar-refractivity contribution in [1.82, 2.24) is 14.4 Å². The van der Waals surface area contributed by atoms with Gasteiger partial charge in [0.1, 0.15) is 15.9 Å². The second kappa shape index (κ2) is 4.94. The van der Waals surface area contributed by atoms with Gasteiger partial charge in [-0.15, -0.1) is 0 Å². The van der Waals surface area contributed by atoms with E-state index < -0.39 is 11.4 Å². The first-order chi connectivity index (χ1) is 10.3. The van der Waals surface area contributed by atoms with Gasteiger partial charge in [0.25, 0.3) is 0 Å². The molecule has 0 aromatic carbocycles. The van der Waals surface area contributed by atoms with Gasteiger partial charge in [-0.2, -0.15) is 0 Å². The number of carboxylic acids is 1. The average molecular weight is 367 g/mol. The minimum atomic E-state index is -0.711. The number of rotatable bonds is 2. The number of carbonyl (C=O) groups is 1. The first kappa shape index (κ1) is 15.3. The van der Waals surface area contributed by atoms with Gasteiger partial charge in [-0.1, -0.05) is 6.92 Å². The van der Waals surface area contributed by atoms with Gasteiger partial charge < -0.3 is 10.8 Å². The molecule has 0 aliphatic heterocycles. The predicted octanol–water partition coefficient (Wildman–Crippen LogP) is 3.00.